The van der Waals surface area contributed by atoms with Gasteiger partial charge in [-0.25, -0.2) is 4.79 Å². The van der Waals surface area contributed by atoms with Crippen LogP contribution in [0.4, 0.5) is 10.5 Å². The summed E-state index contributed by atoms with van der Waals surface area (Å²) in [6.45, 7) is 0.620. The number of halogens is 1. The number of carbonyl (C=O) groups is 2. The van der Waals surface area contributed by atoms with Crippen molar-refractivity contribution in [2.45, 2.75) is 13.0 Å². The zero-order valence-corrected chi connectivity index (χ0v) is 17.0. The molecule has 6 heteroatoms. The molecule has 3 aromatic carbocycles. The highest BCUT2D eigenvalue weighted by atomic mass is 79.9. The van der Waals surface area contributed by atoms with Crippen LogP contribution in [0.15, 0.2) is 65.1 Å². The van der Waals surface area contributed by atoms with Gasteiger partial charge in [0.15, 0.2) is 0 Å². The van der Waals surface area contributed by atoms with Crippen molar-refractivity contribution in [3.63, 3.8) is 0 Å². The van der Waals surface area contributed by atoms with Crippen LogP contribution in [0, 0.1) is 0 Å². The maximum atomic E-state index is 13.2. The lowest BCUT2D eigenvalue weighted by Gasteiger charge is -2.35. The van der Waals surface area contributed by atoms with E-state index in [9.17, 15) is 9.59 Å². The van der Waals surface area contributed by atoms with Crippen LogP contribution >= 0.6 is 15.9 Å². The third kappa shape index (κ3) is 3.36. The van der Waals surface area contributed by atoms with E-state index in [1.165, 1.54) is 4.90 Å². The summed E-state index contributed by atoms with van der Waals surface area (Å²) in [6.07, 6.45) is 0.298. The molecule has 0 N–H and O–H groups in total. The molecule has 0 aliphatic carbocycles. The topological polar surface area (TPSA) is 49.9 Å². The van der Waals surface area contributed by atoms with E-state index < -0.39 is 0 Å². The predicted octanol–water partition coefficient (Wildman–Crippen LogP) is 4.97. The molecular formula is C22H19BrN2O3. The Bertz CT molecular complexity index is 1050. The van der Waals surface area contributed by atoms with Crippen molar-refractivity contribution in [3.8, 4) is 5.75 Å². The van der Waals surface area contributed by atoms with Gasteiger partial charge in [-0.1, -0.05) is 52.3 Å². The van der Waals surface area contributed by atoms with Gasteiger partial charge in [-0.3, -0.25) is 14.6 Å². The monoisotopic (exact) mass is 438 g/mol. The highest BCUT2D eigenvalue weighted by Crippen LogP contribution is 2.34. The van der Waals surface area contributed by atoms with Gasteiger partial charge in [0.1, 0.15) is 5.75 Å². The molecule has 4 rings (SSSR count). The second kappa shape index (κ2) is 7.64. The highest BCUT2D eigenvalue weighted by Gasteiger charge is 2.33. The van der Waals surface area contributed by atoms with E-state index in [0.717, 1.165) is 32.2 Å². The Morgan fingerprint density at radius 1 is 0.964 bits per heavy atom. The molecule has 0 unspecified atom stereocenters. The van der Waals surface area contributed by atoms with Crippen LogP contribution in [-0.2, 0) is 11.3 Å². The molecule has 142 valence electrons. The van der Waals surface area contributed by atoms with Gasteiger partial charge < -0.3 is 4.74 Å². The Balaban J connectivity index is 1.66. The van der Waals surface area contributed by atoms with Gasteiger partial charge in [0.2, 0.25) is 5.91 Å². The Morgan fingerprint density at radius 2 is 1.68 bits per heavy atom. The Hall–Kier alpha value is -2.86. The van der Waals surface area contributed by atoms with Crippen LogP contribution in [0.1, 0.15) is 12.0 Å². The van der Waals surface area contributed by atoms with Gasteiger partial charge in [-0.15, -0.1) is 0 Å². The summed E-state index contributed by atoms with van der Waals surface area (Å²) in [5, 5.41) is 2.01. The normalized spacial score (nSPS) is 14.6. The average Bonchev–Trinajstić information content (AvgIpc) is 2.73. The Morgan fingerprint density at radius 3 is 2.39 bits per heavy atom. The molecule has 0 spiro atoms. The lowest BCUT2D eigenvalue weighted by atomic mass is 10.1. The first kappa shape index (κ1) is 18.5. The number of methoxy groups -OCH3 is 1. The van der Waals surface area contributed by atoms with Crippen molar-refractivity contribution >= 4 is 44.3 Å². The van der Waals surface area contributed by atoms with E-state index >= 15 is 0 Å². The summed E-state index contributed by atoms with van der Waals surface area (Å²) in [4.78, 5) is 28.7. The average molecular weight is 439 g/mol. The third-order valence-electron chi connectivity index (χ3n) is 4.95. The molecule has 5 nitrogen and oxygen atoms in total. The zero-order valence-electron chi connectivity index (χ0n) is 15.4. The fraction of sp³-hybridized carbons (Fsp3) is 0.182. The summed E-state index contributed by atoms with van der Waals surface area (Å²) in [5.41, 5.74) is 1.70. The van der Waals surface area contributed by atoms with E-state index in [1.807, 2.05) is 60.7 Å². The van der Waals surface area contributed by atoms with Crippen LogP contribution in [-0.4, -0.2) is 30.5 Å². The van der Waals surface area contributed by atoms with Crippen LogP contribution in [0.3, 0.4) is 0 Å². The molecule has 3 amide bonds. The van der Waals surface area contributed by atoms with Gasteiger partial charge in [0, 0.05) is 22.8 Å². The van der Waals surface area contributed by atoms with Crippen molar-refractivity contribution in [1.29, 1.82) is 0 Å². The second-order valence-electron chi connectivity index (χ2n) is 6.62. The molecule has 1 saturated heterocycles. The number of hydrogen-bond donors (Lipinski definition) is 0. The maximum absolute atomic E-state index is 13.2. The number of hydrogen-bond acceptors (Lipinski definition) is 3. The number of imide groups is 1. The molecule has 0 saturated carbocycles. The van der Waals surface area contributed by atoms with Gasteiger partial charge in [-0.2, -0.15) is 0 Å². The third-order valence-corrected chi connectivity index (χ3v) is 5.64. The van der Waals surface area contributed by atoms with Crippen LogP contribution in [0.2, 0.25) is 0 Å². The number of urea groups is 1. The van der Waals surface area contributed by atoms with Crippen molar-refractivity contribution in [2.24, 2.45) is 0 Å². The SMILES string of the molecule is COc1ccc(CN2C(=O)CCN(c3ccc(Br)c4ccccc34)C2=O)cc1. The molecule has 0 bridgehead atoms. The van der Waals surface area contributed by atoms with Crippen LogP contribution in [0.5, 0.6) is 5.75 Å². The maximum Gasteiger partial charge on any atom is 0.331 e. The molecule has 3 aromatic rings. The molecule has 1 fully saturated rings. The summed E-state index contributed by atoms with van der Waals surface area (Å²) in [7, 11) is 1.60. The summed E-state index contributed by atoms with van der Waals surface area (Å²) in [6, 6.07) is 18.9. The first-order chi connectivity index (χ1) is 13.6. The minimum Gasteiger partial charge on any atom is -0.497 e. The first-order valence-corrected chi connectivity index (χ1v) is 9.80. The standard InChI is InChI=1S/C22H19BrN2O3/c1-28-16-8-6-15(7-9-16)14-25-21(26)12-13-24(22(25)27)20-11-10-19(23)17-4-2-3-5-18(17)20/h2-11H,12-14H2,1H3. The minimum absolute atomic E-state index is 0.154. The Labute approximate surface area is 171 Å². The van der Waals surface area contributed by atoms with Gasteiger partial charge >= 0.3 is 6.03 Å². The van der Waals surface area contributed by atoms with Gasteiger partial charge in [0.05, 0.1) is 19.3 Å². The van der Waals surface area contributed by atoms with Crippen molar-refractivity contribution < 1.29 is 14.3 Å². The number of nitrogens with zero attached hydrogens (tertiary/aromatic N) is 2. The lowest BCUT2D eigenvalue weighted by Crippen LogP contribution is -2.52. The van der Waals surface area contributed by atoms with E-state index in [4.69, 9.17) is 4.74 Å². The first-order valence-electron chi connectivity index (χ1n) is 9.00. The zero-order chi connectivity index (χ0) is 19.7. The highest BCUT2D eigenvalue weighted by molar-refractivity contribution is 9.10. The van der Waals surface area contributed by atoms with Gasteiger partial charge in [-0.05, 0) is 35.2 Å². The van der Waals surface area contributed by atoms with Crippen molar-refractivity contribution in [3.05, 3.63) is 70.7 Å². The summed E-state index contributed by atoms with van der Waals surface area (Å²) < 4.78 is 6.14. The van der Waals surface area contributed by atoms with E-state index in [1.54, 1.807) is 12.0 Å². The van der Waals surface area contributed by atoms with E-state index in [0.29, 0.717) is 13.0 Å². The largest absolute Gasteiger partial charge is 0.497 e. The van der Waals surface area contributed by atoms with Crippen molar-refractivity contribution in [2.75, 3.05) is 18.6 Å². The van der Waals surface area contributed by atoms with Crippen LogP contribution in [0.25, 0.3) is 10.8 Å². The molecule has 0 atom stereocenters. The number of rotatable bonds is 4. The summed E-state index contributed by atoms with van der Waals surface area (Å²) in [5.74, 6) is 0.585. The molecule has 28 heavy (non-hydrogen) atoms. The Kier molecular flexibility index (Phi) is 5.05. The van der Waals surface area contributed by atoms with Crippen LogP contribution < -0.4 is 9.64 Å². The molecule has 0 radical (unpaired) electrons. The number of amides is 3. The minimum atomic E-state index is -0.292. The summed E-state index contributed by atoms with van der Waals surface area (Å²) >= 11 is 3.57. The molecule has 0 aromatic heterocycles. The molecular weight excluding hydrogens is 420 g/mol. The molecule has 1 aliphatic rings. The number of anilines is 1. The van der Waals surface area contributed by atoms with E-state index in [-0.39, 0.29) is 18.5 Å². The predicted molar refractivity (Wildman–Crippen MR) is 113 cm³/mol. The lowest BCUT2D eigenvalue weighted by molar-refractivity contribution is -0.129. The molecule has 1 heterocycles. The quantitative estimate of drug-likeness (QED) is 0.577. The fourth-order valence-electron chi connectivity index (χ4n) is 3.47. The number of carbonyl (C=O) groups excluding carboxylic acids is 2. The number of benzene rings is 3. The fourth-order valence-corrected chi connectivity index (χ4v) is 3.94. The number of fused-ring (bicyclic) bond motifs is 1. The second-order valence-corrected chi connectivity index (χ2v) is 7.48. The van der Waals surface area contributed by atoms with Crippen molar-refractivity contribution in [1.82, 2.24) is 4.90 Å². The molecule has 1 aliphatic heterocycles. The smallest absolute Gasteiger partial charge is 0.331 e. The van der Waals surface area contributed by atoms with E-state index in [2.05, 4.69) is 15.9 Å². The number of ether oxygens (including phenoxy) is 1. The van der Waals surface area contributed by atoms with Gasteiger partial charge in [0.25, 0.3) is 0 Å².